The van der Waals surface area contributed by atoms with Crippen LogP contribution in [0.2, 0.25) is 5.02 Å². The molecule has 1 aromatic carbocycles. The molecule has 15 heavy (non-hydrogen) atoms. The van der Waals surface area contributed by atoms with Crippen LogP contribution >= 0.6 is 27.5 Å². The summed E-state index contributed by atoms with van der Waals surface area (Å²) in [6.07, 6.45) is 0. The number of carbonyl (C=O) groups is 1. The summed E-state index contributed by atoms with van der Waals surface area (Å²) >= 11 is 9.41. The normalized spacial score (nSPS) is 10.9. The fraction of sp³-hybridized carbons (Fsp3) is 0.182. The lowest BCUT2D eigenvalue weighted by Gasteiger charge is -1.95. The molecule has 2 nitrogen and oxygen atoms in total. The zero-order valence-corrected chi connectivity index (χ0v) is 10.6. The van der Waals surface area contributed by atoms with Crippen molar-refractivity contribution in [1.29, 1.82) is 0 Å². The Hall–Kier alpha value is -0.800. The highest BCUT2D eigenvalue weighted by molar-refractivity contribution is 9.10. The molecule has 78 valence electrons. The first kappa shape index (κ1) is 10.7. The largest absolute Gasteiger partial charge is 0.451 e. The second kappa shape index (κ2) is 3.65. The third-order valence-electron chi connectivity index (χ3n) is 2.30. The van der Waals surface area contributed by atoms with Crippen LogP contribution in [0.3, 0.4) is 0 Å². The van der Waals surface area contributed by atoms with Gasteiger partial charge in [0.15, 0.2) is 17.1 Å². The molecule has 2 aromatic rings. The lowest BCUT2D eigenvalue weighted by Crippen LogP contribution is -1.90. The summed E-state index contributed by atoms with van der Waals surface area (Å²) in [7, 11) is 0. The highest BCUT2D eigenvalue weighted by Crippen LogP contribution is 2.36. The van der Waals surface area contributed by atoms with Crippen LogP contribution in [0.5, 0.6) is 0 Å². The third-order valence-corrected chi connectivity index (χ3v) is 3.26. The number of aryl methyl sites for hydroxylation is 1. The maximum atomic E-state index is 11.3. The summed E-state index contributed by atoms with van der Waals surface area (Å²) < 4.78 is 6.35. The van der Waals surface area contributed by atoms with E-state index in [9.17, 15) is 4.79 Å². The highest BCUT2D eigenvalue weighted by Gasteiger charge is 2.17. The molecule has 0 spiro atoms. The van der Waals surface area contributed by atoms with Crippen molar-refractivity contribution < 1.29 is 9.21 Å². The van der Waals surface area contributed by atoms with E-state index >= 15 is 0 Å². The van der Waals surface area contributed by atoms with Crippen molar-refractivity contribution in [3.8, 4) is 0 Å². The standard InChI is InChI=1S/C11H8BrClO2/c1-5-9-7(12)3-4-8(13)11(9)15-10(5)6(2)14/h3-4H,1-2H3. The Morgan fingerprint density at radius 3 is 2.67 bits per heavy atom. The van der Waals surface area contributed by atoms with Gasteiger partial charge in [0, 0.05) is 22.3 Å². The number of Topliss-reactive ketones (excluding diaryl/α,β-unsaturated/α-hetero) is 1. The zero-order valence-electron chi connectivity index (χ0n) is 8.23. The molecule has 1 heterocycles. The van der Waals surface area contributed by atoms with Gasteiger partial charge in [-0.15, -0.1) is 0 Å². The van der Waals surface area contributed by atoms with Gasteiger partial charge in [0.25, 0.3) is 0 Å². The van der Waals surface area contributed by atoms with Gasteiger partial charge in [-0.25, -0.2) is 0 Å². The minimum absolute atomic E-state index is 0.0910. The molecule has 0 atom stereocenters. The predicted octanol–water partition coefficient (Wildman–Crippen LogP) is 4.36. The third kappa shape index (κ3) is 1.60. The maximum Gasteiger partial charge on any atom is 0.195 e. The summed E-state index contributed by atoms with van der Waals surface area (Å²) in [4.78, 5) is 11.3. The monoisotopic (exact) mass is 286 g/mol. The van der Waals surface area contributed by atoms with E-state index in [0.29, 0.717) is 16.4 Å². The summed E-state index contributed by atoms with van der Waals surface area (Å²) in [5.74, 6) is 0.283. The van der Waals surface area contributed by atoms with Crippen molar-refractivity contribution in [2.75, 3.05) is 0 Å². The molecule has 0 saturated heterocycles. The number of hydrogen-bond acceptors (Lipinski definition) is 2. The van der Waals surface area contributed by atoms with E-state index in [0.717, 1.165) is 15.4 Å². The Balaban J connectivity index is 2.93. The molecular weight excluding hydrogens is 279 g/mol. The number of ketones is 1. The molecule has 1 aromatic heterocycles. The van der Waals surface area contributed by atoms with Crippen LogP contribution in [0, 0.1) is 6.92 Å². The lowest BCUT2D eigenvalue weighted by molar-refractivity contribution is 0.0988. The van der Waals surface area contributed by atoms with Gasteiger partial charge in [-0.2, -0.15) is 0 Å². The summed E-state index contributed by atoms with van der Waals surface area (Å²) in [6.45, 7) is 3.33. The van der Waals surface area contributed by atoms with Crippen LogP contribution < -0.4 is 0 Å². The van der Waals surface area contributed by atoms with Gasteiger partial charge >= 0.3 is 0 Å². The van der Waals surface area contributed by atoms with E-state index in [1.807, 2.05) is 13.0 Å². The summed E-state index contributed by atoms with van der Waals surface area (Å²) in [5.41, 5.74) is 1.39. The Morgan fingerprint density at radius 1 is 1.47 bits per heavy atom. The quantitative estimate of drug-likeness (QED) is 0.730. The van der Waals surface area contributed by atoms with Gasteiger partial charge in [-0.1, -0.05) is 27.5 Å². The molecule has 0 aliphatic heterocycles. The molecule has 0 saturated carbocycles. The van der Waals surface area contributed by atoms with E-state index in [1.54, 1.807) is 6.07 Å². The Labute approximate surface area is 100 Å². The predicted molar refractivity (Wildman–Crippen MR) is 63.7 cm³/mol. The molecular formula is C11H8BrClO2. The van der Waals surface area contributed by atoms with Gasteiger partial charge in [0.05, 0.1) is 5.02 Å². The second-order valence-electron chi connectivity index (χ2n) is 3.35. The van der Waals surface area contributed by atoms with Crippen LogP contribution in [0.4, 0.5) is 0 Å². The number of carbonyl (C=O) groups excluding carboxylic acids is 1. The number of fused-ring (bicyclic) bond motifs is 1. The highest BCUT2D eigenvalue weighted by atomic mass is 79.9. The second-order valence-corrected chi connectivity index (χ2v) is 4.61. The van der Waals surface area contributed by atoms with Crippen molar-refractivity contribution in [2.24, 2.45) is 0 Å². The van der Waals surface area contributed by atoms with Crippen LogP contribution in [0.1, 0.15) is 23.0 Å². The lowest BCUT2D eigenvalue weighted by atomic mass is 10.1. The van der Waals surface area contributed by atoms with Crippen LogP contribution in [-0.4, -0.2) is 5.78 Å². The first-order valence-electron chi connectivity index (χ1n) is 4.40. The number of halogens is 2. The smallest absolute Gasteiger partial charge is 0.195 e. The Kier molecular flexibility index (Phi) is 2.61. The van der Waals surface area contributed by atoms with E-state index in [-0.39, 0.29) is 5.78 Å². The average Bonchev–Trinajstić information content (AvgIpc) is 2.51. The molecule has 0 aliphatic rings. The number of rotatable bonds is 1. The van der Waals surface area contributed by atoms with E-state index < -0.39 is 0 Å². The Bertz CT molecular complexity index is 557. The van der Waals surface area contributed by atoms with Gasteiger partial charge in [0.2, 0.25) is 0 Å². The molecule has 0 unspecified atom stereocenters. The van der Waals surface area contributed by atoms with E-state index in [1.165, 1.54) is 6.92 Å². The molecule has 0 amide bonds. The van der Waals surface area contributed by atoms with Gasteiger partial charge in [0.1, 0.15) is 0 Å². The first-order valence-corrected chi connectivity index (χ1v) is 5.57. The molecule has 4 heteroatoms. The molecule has 0 radical (unpaired) electrons. The molecule has 0 bridgehead atoms. The van der Waals surface area contributed by atoms with Crippen LogP contribution in [0.25, 0.3) is 11.0 Å². The molecule has 0 fully saturated rings. The zero-order chi connectivity index (χ0) is 11.2. The Morgan fingerprint density at radius 2 is 2.13 bits per heavy atom. The molecule has 2 rings (SSSR count). The fourth-order valence-corrected chi connectivity index (χ4v) is 2.42. The van der Waals surface area contributed by atoms with Crippen LogP contribution in [-0.2, 0) is 0 Å². The van der Waals surface area contributed by atoms with Crippen LogP contribution in [0.15, 0.2) is 21.0 Å². The number of benzene rings is 1. The average molecular weight is 288 g/mol. The van der Waals surface area contributed by atoms with Gasteiger partial charge in [-0.05, 0) is 19.1 Å². The van der Waals surface area contributed by atoms with Gasteiger partial charge in [-0.3, -0.25) is 4.79 Å². The number of hydrogen-bond donors (Lipinski definition) is 0. The summed E-state index contributed by atoms with van der Waals surface area (Å²) in [5, 5.41) is 1.39. The van der Waals surface area contributed by atoms with Crippen molar-refractivity contribution in [3.05, 3.63) is 33.0 Å². The van der Waals surface area contributed by atoms with Crippen molar-refractivity contribution >= 4 is 44.3 Å². The van der Waals surface area contributed by atoms with Crippen molar-refractivity contribution in [1.82, 2.24) is 0 Å². The fourth-order valence-electron chi connectivity index (χ4n) is 1.61. The van der Waals surface area contributed by atoms with E-state index in [4.69, 9.17) is 16.0 Å². The topological polar surface area (TPSA) is 30.2 Å². The molecule has 0 aliphatic carbocycles. The SMILES string of the molecule is CC(=O)c1oc2c(Cl)ccc(Br)c2c1C. The molecule has 0 N–H and O–H groups in total. The van der Waals surface area contributed by atoms with E-state index in [2.05, 4.69) is 15.9 Å². The minimum atomic E-state index is -0.0910. The maximum absolute atomic E-state index is 11.3. The number of furan rings is 1. The van der Waals surface area contributed by atoms with Crippen molar-refractivity contribution in [2.45, 2.75) is 13.8 Å². The van der Waals surface area contributed by atoms with Crippen molar-refractivity contribution in [3.63, 3.8) is 0 Å². The summed E-state index contributed by atoms with van der Waals surface area (Å²) in [6, 6.07) is 3.58. The minimum Gasteiger partial charge on any atom is -0.451 e. The van der Waals surface area contributed by atoms with Gasteiger partial charge < -0.3 is 4.42 Å². The first-order chi connectivity index (χ1) is 7.02.